The monoisotopic (exact) mass is 267 g/mol. The van der Waals surface area contributed by atoms with Crippen LogP contribution in [0.15, 0.2) is 5.38 Å². The lowest BCUT2D eigenvalue weighted by molar-refractivity contribution is 0.281. The molecular formula is C12H17N3O2S. The first-order valence-corrected chi connectivity index (χ1v) is 6.74. The van der Waals surface area contributed by atoms with E-state index in [4.69, 9.17) is 10.2 Å². The van der Waals surface area contributed by atoms with E-state index in [1.165, 1.54) is 0 Å². The predicted octanol–water partition coefficient (Wildman–Crippen LogP) is 1.10. The number of anilines is 1. The number of aliphatic hydroxyl groups is 2. The zero-order chi connectivity index (χ0) is 13.1. The molecule has 0 bridgehead atoms. The summed E-state index contributed by atoms with van der Waals surface area (Å²) in [6.45, 7) is 4.87. The molecule has 2 aromatic heterocycles. The second-order valence-electron chi connectivity index (χ2n) is 4.13. The molecule has 0 fully saturated rings. The van der Waals surface area contributed by atoms with Crippen LogP contribution in [0, 0.1) is 13.8 Å². The van der Waals surface area contributed by atoms with Crippen LogP contribution in [0.4, 0.5) is 5.82 Å². The van der Waals surface area contributed by atoms with Crippen molar-refractivity contribution < 1.29 is 10.2 Å². The van der Waals surface area contributed by atoms with Crippen molar-refractivity contribution in [3.63, 3.8) is 0 Å². The fourth-order valence-corrected chi connectivity index (χ4v) is 2.92. The van der Waals surface area contributed by atoms with E-state index in [2.05, 4.69) is 15.3 Å². The van der Waals surface area contributed by atoms with Crippen LogP contribution in [0.5, 0.6) is 0 Å². The van der Waals surface area contributed by atoms with Crippen LogP contribution in [0.2, 0.25) is 0 Å². The summed E-state index contributed by atoms with van der Waals surface area (Å²) in [5.74, 6) is 1.51. The number of thiophene rings is 1. The average Bonchev–Trinajstić information content (AvgIpc) is 2.70. The van der Waals surface area contributed by atoms with Gasteiger partial charge in [-0.1, -0.05) is 0 Å². The van der Waals surface area contributed by atoms with Gasteiger partial charge in [0.1, 0.15) is 16.5 Å². The molecule has 2 heterocycles. The highest BCUT2D eigenvalue weighted by molar-refractivity contribution is 7.17. The van der Waals surface area contributed by atoms with Crippen LogP contribution in [-0.4, -0.2) is 46.5 Å². The van der Waals surface area contributed by atoms with E-state index in [-0.39, 0.29) is 13.2 Å². The molecule has 6 heteroatoms. The molecule has 0 aliphatic rings. The molecule has 98 valence electrons. The minimum Gasteiger partial charge on any atom is -0.395 e. The van der Waals surface area contributed by atoms with E-state index in [9.17, 15) is 0 Å². The van der Waals surface area contributed by atoms with Crippen molar-refractivity contribution >= 4 is 27.4 Å². The van der Waals surface area contributed by atoms with Crippen molar-refractivity contribution in [2.24, 2.45) is 0 Å². The molecule has 0 atom stereocenters. The van der Waals surface area contributed by atoms with Crippen molar-refractivity contribution in [2.75, 3.05) is 31.2 Å². The Balaban J connectivity index is 2.55. The highest BCUT2D eigenvalue weighted by Gasteiger charge is 2.15. The molecule has 0 amide bonds. The van der Waals surface area contributed by atoms with Gasteiger partial charge < -0.3 is 15.1 Å². The van der Waals surface area contributed by atoms with Crippen molar-refractivity contribution in [1.29, 1.82) is 0 Å². The Hall–Kier alpha value is -1.24. The summed E-state index contributed by atoms with van der Waals surface area (Å²) in [7, 11) is 0. The molecule has 0 aliphatic heterocycles. The van der Waals surface area contributed by atoms with Crippen molar-refractivity contribution in [2.45, 2.75) is 13.8 Å². The van der Waals surface area contributed by atoms with Gasteiger partial charge in [0.25, 0.3) is 0 Å². The highest BCUT2D eigenvalue weighted by atomic mass is 32.1. The second-order valence-corrected chi connectivity index (χ2v) is 4.99. The first-order chi connectivity index (χ1) is 8.67. The van der Waals surface area contributed by atoms with Crippen LogP contribution in [0.3, 0.4) is 0 Å². The topological polar surface area (TPSA) is 69.5 Å². The molecule has 0 aromatic carbocycles. The Morgan fingerprint density at radius 1 is 1.17 bits per heavy atom. The fourth-order valence-electron chi connectivity index (χ4n) is 1.96. The van der Waals surface area contributed by atoms with Crippen LogP contribution in [-0.2, 0) is 0 Å². The summed E-state index contributed by atoms with van der Waals surface area (Å²) in [6.07, 6.45) is 0. The van der Waals surface area contributed by atoms with E-state index in [0.717, 1.165) is 21.6 Å². The number of fused-ring (bicyclic) bond motifs is 1. The van der Waals surface area contributed by atoms with Crippen LogP contribution >= 0.6 is 11.3 Å². The standard InChI is InChI=1S/C12H17N3O2S/c1-8-7-18-12-10(8)11(13-9(2)14-12)15(3-5-16)4-6-17/h7,16-17H,3-6H2,1-2H3. The van der Waals surface area contributed by atoms with Crippen LogP contribution in [0.1, 0.15) is 11.4 Å². The highest BCUT2D eigenvalue weighted by Crippen LogP contribution is 2.31. The van der Waals surface area contributed by atoms with Gasteiger partial charge in [0.05, 0.1) is 18.6 Å². The molecule has 0 unspecified atom stereocenters. The van der Waals surface area contributed by atoms with Gasteiger partial charge in [-0.3, -0.25) is 0 Å². The summed E-state index contributed by atoms with van der Waals surface area (Å²) in [5, 5.41) is 21.3. The van der Waals surface area contributed by atoms with Crippen LogP contribution < -0.4 is 4.90 Å². The van der Waals surface area contributed by atoms with Gasteiger partial charge in [0.2, 0.25) is 0 Å². The normalized spacial score (nSPS) is 11.1. The molecule has 0 radical (unpaired) electrons. The summed E-state index contributed by atoms with van der Waals surface area (Å²) < 4.78 is 0. The molecule has 0 aliphatic carbocycles. The third kappa shape index (κ3) is 2.45. The number of hydrogen-bond donors (Lipinski definition) is 2. The van der Waals surface area contributed by atoms with Gasteiger partial charge in [-0.15, -0.1) is 11.3 Å². The maximum atomic E-state index is 9.12. The molecule has 0 spiro atoms. The van der Waals surface area contributed by atoms with Gasteiger partial charge in [-0.25, -0.2) is 9.97 Å². The predicted molar refractivity (Wildman–Crippen MR) is 73.3 cm³/mol. The SMILES string of the molecule is Cc1nc(N(CCO)CCO)c2c(C)csc2n1. The summed E-state index contributed by atoms with van der Waals surface area (Å²) in [4.78, 5) is 11.7. The van der Waals surface area contributed by atoms with Crippen LogP contribution in [0.25, 0.3) is 10.2 Å². The molecule has 2 aromatic rings. The van der Waals surface area contributed by atoms with Gasteiger partial charge >= 0.3 is 0 Å². The molecular weight excluding hydrogens is 250 g/mol. The maximum Gasteiger partial charge on any atom is 0.141 e. The molecule has 0 saturated carbocycles. The summed E-state index contributed by atoms with van der Waals surface area (Å²) in [6, 6.07) is 0. The number of hydrogen-bond acceptors (Lipinski definition) is 6. The lowest BCUT2D eigenvalue weighted by atomic mass is 10.2. The number of aromatic nitrogens is 2. The number of nitrogens with zero attached hydrogens (tertiary/aromatic N) is 3. The largest absolute Gasteiger partial charge is 0.395 e. The first-order valence-electron chi connectivity index (χ1n) is 5.86. The minimum absolute atomic E-state index is 0.0354. The van der Waals surface area contributed by atoms with Gasteiger partial charge in [-0.05, 0) is 24.8 Å². The molecule has 5 nitrogen and oxygen atoms in total. The van der Waals surface area contributed by atoms with Crippen molar-refractivity contribution in [1.82, 2.24) is 9.97 Å². The van der Waals surface area contributed by atoms with E-state index >= 15 is 0 Å². The number of aryl methyl sites for hydroxylation is 2. The fraction of sp³-hybridized carbons (Fsp3) is 0.500. The zero-order valence-electron chi connectivity index (χ0n) is 10.6. The van der Waals surface area contributed by atoms with E-state index in [1.807, 2.05) is 18.7 Å². The Kier molecular flexibility index (Phi) is 4.11. The Morgan fingerprint density at radius 2 is 1.83 bits per heavy atom. The van der Waals surface area contributed by atoms with Crippen molar-refractivity contribution in [3.05, 3.63) is 16.8 Å². The summed E-state index contributed by atoms with van der Waals surface area (Å²) in [5.41, 5.74) is 1.13. The van der Waals surface area contributed by atoms with Gasteiger partial charge in [0.15, 0.2) is 0 Å². The van der Waals surface area contributed by atoms with Gasteiger partial charge in [0, 0.05) is 13.1 Å². The Morgan fingerprint density at radius 3 is 2.44 bits per heavy atom. The number of rotatable bonds is 5. The quantitative estimate of drug-likeness (QED) is 0.849. The average molecular weight is 267 g/mol. The maximum absolute atomic E-state index is 9.12. The second kappa shape index (κ2) is 5.60. The summed E-state index contributed by atoms with van der Waals surface area (Å²) >= 11 is 1.59. The van der Waals surface area contributed by atoms with E-state index in [0.29, 0.717) is 18.9 Å². The minimum atomic E-state index is 0.0354. The third-order valence-corrected chi connectivity index (χ3v) is 3.74. The Bertz CT molecular complexity index is 535. The van der Waals surface area contributed by atoms with E-state index < -0.39 is 0 Å². The Labute approximate surface area is 110 Å². The molecule has 0 saturated heterocycles. The third-order valence-electron chi connectivity index (χ3n) is 2.75. The van der Waals surface area contributed by atoms with Crippen molar-refractivity contribution in [3.8, 4) is 0 Å². The molecule has 2 rings (SSSR count). The number of aliphatic hydroxyl groups excluding tert-OH is 2. The lowest BCUT2D eigenvalue weighted by Crippen LogP contribution is -2.30. The molecule has 2 N–H and O–H groups in total. The van der Waals surface area contributed by atoms with E-state index in [1.54, 1.807) is 11.3 Å². The lowest BCUT2D eigenvalue weighted by Gasteiger charge is -2.23. The molecule has 18 heavy (non-hydrogen) atoms. The first kappa shape index (κ1) is 13.2. The zero-order valence-corrected chi connectivity index (χ0v) is 11.4. The smallest absolute Gasteiger partial charge is 0.141 e. The van der Waals surface area contributed by atoms with Gasteiger partial charge in [-0.2, -0.15) is 0 Å².